The van der Waals surface area contributed by atoms with Crippen LogP contribution >= 0.6 is 0 Å². The summed E-state index contributed by atoms with van der Waals surface area (Å²) in [6, 6.07) is 35.9. The van der Waals surface area contributed by atoms with Crippen LogP contribution in [0.15, 0.2) is 115 Å². The summed E-state index contributed by atoms with van der Waals surface area (Å²) < 4.78 is 0. The van der Waals surface area contributed by atoms with Gasteiger partial charge < -0.3 is 10.4 Å². The van der Waals surface area contributed by atoms with Crippen molar-refractivity contribution in [1.29, 1.82) is 0 Å². The van der Waals surface area contributed by atoms with Gasteiger partial charge >= 0.3 is 5.97 Å². The van der Waals surface area contributed by atoms with E-state index in [-0.39, 0.29) is 17.4 Å². The summed E-state index contributed by atoms with van der Waals surface area (Å²) in [5.74, 6) is -1.47. The summed E-state index contributed by atoms with van der Waals surface area (Å²) in [4.78, 5) is 25.3. The molecule has 4 rings (SSSR count). The van der Waals surface area contributed by atoms with Gasteiger partial charge in [0.25, 0.3) is 0 Å². The zero-order chi connectivity index (χ0) is 24.6. The maximum absolute atomic E-state index is 13.3. The number of amides is 1. The van der Waals surface area contributed by atoms with E-state index in [4.69, 9.17) is 0 Å². The molecule has 0 spiro atoms. The molecule has 174 valence electrons. The molecule has 0 fully saturated rings. The Hall–Kier alpha value is -4.44. The van der Waals surface area contributed by atoms with Crippen LogP contribution in [0.4, 0.5) is 5.69 Å². The zero-order valence-electron chi connectivity index (χ0n) is 19.5. The number of hydrogen-bond acceptors (Lipinski definition) is 2. The standard InChI is InChI=1S/C31H27NO3/c1-22(26-19-12-16-23-13-8-10-17-27(23)26)30(33)32-29-20-11-9-15-25(29)21-24-14-6-4-2-3-5-7-18-28(24)31(34)35/h2-20,22H,21H2,1H3,(H,32,33)(H,34,35). The molecule has 1 unspecified atom stereocenters. The predicted octanol–water partition coefficient (Wildman–Crippen LogP) is 7.00. The molecule has 1 amide bonds. The number of rotatable bonds is 6. The maximum atomic E-state index is 13.3. The molecule has 0 saturated heterocycles. The van der Waals surface area contributed by atoms with Crippen molar-refractivity contribution >= 4 is 28.3 Å². The predicted molar refractivity (Wildman–Crippen MR) is 141 cm³/mol. The first-order chi connectivity index (χ1) is 17.0. The van der Waals surface area contributed by atoms with Crippen LogP contribution < -0.4 is 5.32 Å². The van der Waals surface area contributed by atoms with Gasteiger partial charge in [-0.1, -0.05) is 103 Å². The lowest BCUT2D eigenvalue weighted by molar-refractivity contribution is -0.117. The zero-order valence-corrected chi connectivity index (χ0v) is 19.5. The lowest BCUT2D eigenvalue weighted by Crippen LogP contribution is -2.20. The highest BCUT2D eigenvalue weighted by Gasteiger charge is 2.19. The molecule has 4 aromatic rings. The Labute approximate surface area is 205 Å². The first-order valence-corrected chi connectivity index (χ1v) is 11.6. The molecule has 0 aliphatic rings. The Morgan fingerprint density at radius 2 is 1.31 bits per heavy atom. The van der Waals surface area contributed by atoms with E-state index in [9.17, 15) is 14.7 Å². The Balaban J connectivity index is 1.66. The molecule has 4 aromatic carbocycles. The van der Waals surface area contributed by atoms with Crippen LogP contribution in [0.2, 0.25) is 0 Å². The molecule has 0 aliphatic carbocycles. The first kappa shape index (κ1) is 23.7. The van der Waals surface area contributed by atoms with Crippen molar-refractivity contribution in [1.82, 2.24) is 0 Å². The van der Waals surface area contributed by atoms with E-state index in [1.165, 1.54) is 0 Å². The van der Waals surface area contributed by atoms with Crippen molar-refractivity contribution in [2.45, 2.75) is 19.3 Å². The number of carbonyl (C=O) groups excluding carboxylic acids is 1. The van der Waals surface area contributed by atoms with Gasteiger partial charge in [0.2, 0.25) is 5.91 Å². The fourth-order valence-electron chi connectivity index (χ4n) is 4.15. The number of carbonyl (C=O) groups is 2. The topological polar surface area (TPSA) is 66.4 Å². The van der Waals surface area contributed by atoms with Gasteiger partial charge in [0.05, 0.1) is 11.5 Å². The molecule has 4 nitrogen and oxygen atoms in total. The molecule has 2 N–H and O–H groups in total. The second-order valence-electron chi connectivity index (χ2n) is 8.35. The normalized spacial score (nSPS) is 11.3. The van der Waals surface area contributed by atoms with E-state index in [1.54, 1.807) is 24.3 Å². The number of aromatic carboxylic acids is 1. The van der Waals surface area contributed by atoms with E-state index in [1.807, 2.05) is 97.9 Å². The number of hydrogen-bond donors (Lipinski definition) is 2. The highest BCUT2D eigenvalue weighted by Crippen LogP contribution is 2.28. The van der Waals surface area contributed by atoms with E-state index in [0.717, 1.165) is 21.9 Å². The van der Waals surface area contributed by atoms with Crippen LogP contribution in [-0.4, -0.2) is 17.0 Å². The van der Waals surface area contributed by atoms with Gasteiger partial charge in [0.1, 0.15) is 0 Å². The maximum Gasteiger partial charge on any atom is 0.335 e. The summed E-state index contributed by atoms with van der Waals surface area (Å²) in [5.41, 5.74) is 3.35. The monoisotopic (exact) mass is 461 g/mol. The van der Waals surface area contributed by atoms with Crippen LogP contribution in [0.25, 0.3) is 10.8 Å². The van der Waals surface area contributed by atoms with Crippen molar-refractivity contribution in [2.24, 2.45) is 0 Å². The molecule has 0 heterocycles. The van der Waals surface area contributed by atoms with Crippen molar-refractivity contribution in [3.63, 3.8) is 0 Å². The number of fused-ring (bicyclic) bond motifs is 1. The molecule has 0 radical (unpaired) electrons. The fourth-order valence-corrected chi connectivity index (χ4v) is 4.15. The molecular weight excluding hydrogens is 434 g/mol. The van der Waals surface area contributed by atoms with Crippen LogP contribution in [0, 0.1) is 0 Å². The summed E-state index contributed by atoms with van der Waals surface area (Å²) in [6.07, 6.45) is 0.360. The van der Waals surface area contributed by atoms with Gasteiger partial charge in [-0.05, 0) is 46.5 Å². The van der Waals surface area contributed by atoms with E-state index in [2.05, 4.69) is 5.32 Å². The molecule has 35 heavy (non-hydrogen) atoms. The number of benzene rings is 3. The van der Waals surface area contributed by atoms with Gasteiger partial charge in [-0.2, -0.15) is 0 Å². The molecular formula is C31H27NO3. The molecule has 0 aliphatic heterocycles. The molecule has 0 saturated carbocycles. The number of carboxylic acid groups (broad SMARTS) is 1. The number of nitrogens with one attached hydrogen (secondary N) is 1. The summed E-state index contributed by atoms with van der Waals surface area (Å²) >= 11 is 0. The quantitative estimate of drug-likeness (QED) is 0.325. The highest BCUT2D eigenvalue weighted by molar-refractivity contribution is 5.99. The third-order valence-corrected chi connectivity index (χ3v) is 6.03. The van der Waals surface area contributed by atoms with Crippen molar-refractivity contribution < 1.29 is 14.7 Å². The smallest absolute Gasteiger partial charge is 0.335 e. The number of anilines is 1. The molecule has 0 bridgehead atoms. The van der Waals surface area contributed by atoms with Gasteiger partial charge in [0, 0.05) is 12.1 Å². The third-order valence-electron chi connectivity index (χ3n) is 6.03. The van der Waals surface area contributed by atoms with Crippen LogP contribution in [0.1, 0.15) is 39.9 Å². The number of carboxylic acids is 1. The van der Waals surface area contributed by atoms with Gasteiger partial charge in [-0.15, -0.1) is 0 Å². The van der Waals surface area contributed by atoms with Crippen molar-refractivity contribution in [2.75, 3.05) is 5.32 Å². The Morgan fingerprint density at radius 3 is 2.11 bits per heavy atom. The Bertz CT molecular complexity index is 1420. The minimum Gasteiger partial charge on any atom is -0.478 e. The summed E-state index contributed by atoms with van der Waals surface area (Å²) in [6.45, 7) is 1.90. The second-order valence-corrected chi connectivity index (χ2v) is 8.35. The van der Waals surface area contributed by atoms with E-state index >= 15 is 0 Å². The SMILES string of the molecule is CC(C(=O)Nc1ccccc1Cc1ccccccccc1C(=O)O)c1cccc2ccccc12. The van der Waals surface area contributed by atoms with Crippen LogP contribution in [-0.2, 0) is 11.2 Å². The van der Waals surface area contributed by atoms with Gasteiger partial charge in [-0.3, -0.25) is 4.79 Å². The van der Waals surface area contributed by atoms with Crippen molar-refractivity contribution in [3.05, 3.63) is 138 Å². The summed E-state index contributed by atoms with van der Waals surface area (Å²) in [7, 11) is 0. The summed E-state index contributed by atoms with van der Waals surface area (Å²) in [5, 5.41) is 15.0. The lowest BCUT2D eigenvalue weighted by atomic mass is 9.94. The minimum absolute atomic E-state index is 0.115. The van der Waals surface area contributed by atoms with E-state index < -0.39 is 5.97 Å². The van der Waals surface area contributed by atoms with Crippen molar-refractivity contribution in [3.8, 4) is 0 Å². The lowest BCUT2D eigenvalue weighted by Gasteiger charge is -2.17. The largest absolute Gasteiger partial charge is 0.478 e. The second kappa shape index (κ2) is 11.1. The van der Waals surface area contributed by atoms with Crippen LogP contribution in [0.3, 0.4) is 0 Å². The molecule has 1 atom stereocenters. The first-order valence-electron chi connectivity index (χ1n) is 11.6. The van der Waals surface area contributed by atoms with Gasteiger partial charge in [0.15, 0.2) is 0 Å². The fraction of sp³-hybridized carbons (Fsp3) is 0.0968. The minimum atomic E-state index is -0.995. The van der Waals surface area contributed by atoms with Gasteiger partial charge in [-0.25, -0.2) is 4.79 Å². The average molecular weight is 462 g/mol. The average Bonchev–Trinajstić information content (AvgIpc) is 2.87. The third kappa shape index (κ3) is 5.74. The Morgan fingerprint density at radius 1 is 0.714 bits per heavy atom. The number of para-hydroxylation sites is 1. The Kier molecular flexibility index (Phi) is 7.53. The molecule has 0 aromatic heterocycles. The molecule has 4 heteroatoms. The van der Waals surface area contributed by atoms with Crippen LogP contribution in [0.5, 0.6) is 0 Å². The highest BCUT2D eigenvalue weighted by atomic mass is 16.4. The van der Waals surface area contributed by atoms with E-state index in [0.29, 0.717) is 17.7 Å².